The van der Waals surface area contributed by atoms with Crippen LogP contribution in [0.25, 0.3) is 0 Å². The summed E-state index contributed by atoms with van der Waals surface area (Å²) < 4.78 is 14.7. The number of hydrogen-bond acceptors (Lipinski definition) is 6. The second kappa shape index (κ2) is 5.61. The van der Waals surface area contributed by atoms with Gasteiger partial charge in [-0.25, -0.2) is 4.39 Å². The first kappa shape index (κ1) is 15.1. The van der Waals surface area contributed by atoms with Crippen molar-refractivity contribution in [1.82, 2.24) is 14.8 Å². The van der Waals surface area contributed by atoms with Crippen molar-refractivity contribution in [3.63, 3.8) is 0 Å². The third-order valence-corrected chi connectivity index (χ3v) is 3.03. The van der Waals surface area contributed by atoms with Crippen LogP contribution in [0.1, 0.15) is 21.7 Å². The van der Waals surface area contributed by atoms with Gasteiger partial charge in [0.05, 0.1) is 5.69 Å². The molecule has 2 N–H and O–H groups in total. The summed E-state index contributed by atoms with van der Waals surface area (Å²) in [6.45, 7) is 1.30. The summed E-state index contributed by atoms with van der Waals surface area (Å²) in [5.74, 6) is -3.17. The van der Waals surface area contributed by atoms with Crippen LogP contribution in [0.5, 0.6) is 5.75 Å². The molecule has 0 saturated heterocycles. The van der Waals surface area contributed by atoms with Crippen molar-refractivity contribution in [2.45, 2.75) is 6.92 Å². The Morgan fingerprint density at radius 2 is 2.14 bits per heavy atom. The number of aromatic nitrogens is 3. The number of amides is 1. The highest BCUT2D eigenvalue weighted by atomic mass is 19.1. The summed E-state index contributed by atoms with van der Waals surface area (Å²) in [6, 6.07) is 4.34. The highest BCUT2D eigenvalue weighted by molar-refractivity contribution is 6.05. The Hall–Kier alpha value is -3.28. The standard InChI is InChI=1S/C13H10FN5O3/c1-6-10(14)11(20)9(13(22)19(6)2)12(21)16-8-4-3-7(5-15)17-18-8/h3-4,20H,1-2H3,(H,16,18,21). The van der Waals surface area contributed by atoms with E-state index in [4.69, 9.17) is 5.26 Å². The summed E-state index contributed by atoms with van der Waals surface area (Å²) in [4.78, 5) is 24.0. The fourth-order valence-electron chi connectivity index (χ4n) is 1.69. The van der Waals surface area contributed by atoms with E-state index in [1.165, 1.54) is 26.1 Å². The average molecular weight is 303 g/mol. The van der Waals surface area contributed by atoms with Crippen LogP contribution in [0.2, 0.25) is 0 Å². The van der Waals surface area contributed by atoms with Gasteiger partial charge in [0, 0.05) is 7.05 Å². The van der Waals surface area contributed by atoms with Gasteiger partial charge < -0.3 is 15.0 Å². The second-order valence-corrected chi connectivity index (χ2v) is 4.36. The molecule has 112 valence electrons. The van der Waals surface area contributed by atoms with E-state index in [9.17, 15) is 19.1 Å². The SMILES string of the molecule is Cc1c(F)c(O)c(C(=O)Nc2ccc(C#N)nn2)c(=O)n1C. The molecule has 0 aliphatic rings. The van der Waals surface area contributed by atoms with E-state index >= 15 is 0 Å². The molecule has 9 heteroatoms. The number of nitrogens with one attached hydrogen (secondary N) is 1. The van der Waals surface area contributed by atoms with Crippen LogP contribution >= 0.6 is 0 Å². The zero-order valence-corrected chi connectivity index (χ0v) is 11.6. The second-order valence-electron chi connectivity index (χ2n) is 4.36. The van der Waals surface area contributed by atoms with Crippen LogP contribution in [0.3, 0.4) is 0 Å². The van der Waals surface area contributed by atoms with Crippen LogP contribution in [-0.2, 0) is 7.05 Å². The van der Waals surface area contributed by atoms with E-state index < -0.39 is 28.6 Å². The largest absolute Gasteiger partial charge is 0.504 e. The van der Waals surface area contributed by atoms with Gasteiger partial charge >= 0.3 is 0 Å². The first-order valence-corrected chi connectivity index (χ1v) is 6.00. The highest BCUT2D eigenvalue weighted by Crippen LogP contribution is 2.21. The van der Waals surface area contributed by atoms with Gasteiger partial charge in [-0.1, -0.05) is 0 Å². The van der Waals surface area contributed by atoms with Gasteiger partial charge in [0.2, 0.25) is 0 Å². The van der Waals surface area contributed by atoms with E-state index in [2.05, 4.69) is 15.5 Å². The highest BCUT2D eigenvalue weighted by Gasteiger charge is 2.23. The molecule has 0 aliphatic heterocycles. The minimum atomic E-state index is -1.06. The fraction of sp³-hybridized carbons (Fsp3) is 0.154. The number of nitrogens with zero attached hydrogens (tertiary/aromatic N) is 4. The minimum Gasteiger partial charge on any atom is -0.504 e. The van der Waals surface area contributed by atoms with Crippen LogP contribution in [-0.4, -0.2) is 25.8 Å². The molecule has 2 aromatic heterocycles. The smallest absolute Gasteiger partial charge is 0.267 e. The number of halogens is 1. The van der Waals surface area contributed by atoms with Gasteiger partial charge in [-0.15, -0.1) is 10.2 Å². The van der Waals surface area contributed by atoms with Crippen molar-refractivity contribution in [1.29, 1.82) is 5.26 Å². The van der Waals surface area contributed by atoms with Crippen molar-refractivity contribution in [3.05, 3.63) is 45.3 Å². The molecule has 0 atom stereocenters. The van der Waals surface area contributed by atoms with Gasteiger partial charge in [0.15, 0.2) is 23.1 Å². The van der Waals surface area contributed by atoms with Crippen molar-refractivity contribution in [3.8, 4) is 11.8 Å². The van der Waals surface area contributed by atoms with Crippen LogP contribution in [0, 0.1) is 24.1 Å². The maximum atomic E-state index is 13.8. The normalized spacial score (nSPS) is 10.1. The third-order valence-electron chi connectivity index (χ3n) is 3.03. The molecule has 0 fully saturated rings. The first-order chi connectivity index (χ1) is 10.4. The Morgan fingerprint density at radius 1 is 1.45 bits per heavy atom. The van der Waals surface area contributed by atoms with E-state index in [0.717, 1.165) is 4.57 Å². The van der Waals surface area contributed by atoms with Gasteiger partial charge in [-0.05, 0) is 19.1 Å². The summed E-state index contributed by atoms with van der Waals surface area (Å²) in [5, 5.41) is 27.5. The molecule has 0 aliphatic carbocycles. The third kappa shape index (κ3) is 2.49. The topological polar surface area (TPSA) is 121 Å². The number of rotatable bonds is 2. The maximum Gasteiger partial charge on any atom is 0.267 e. The predicted octanol–water partition coefficient (Wildman–Crippen LogP) is 0.452. The Bertz CT molecular complexity index is 852. The minimum absolute atomic E-state index is 0.0399. The van der Waals surface area contributed by atoms with Crippen LogP contribution in [0.15, 0.2) is 16.9 Å². The monoisotopic (exact) mass is 303 g/mol. The number of nitriles is 1. The zero-order chi connectivity index (χ0) is 16.4. The molecule has 0 aromatic carbocycles. The number of aromatic hydroxyl groups is 1. The lowest BCUT2D eigenvalue weighted by molar-refractivity contribution is 0.102. The molecule has 22 heavy (non-hydrogen) atoms. The van der Waals surface area contributed by atoms with E-state index in [-0.39, 0.29) is 17.2 Å². The molecular formula is C13H10FN5O3. The lowest BCUT2D eigenvalue weighted by Crippen LogP contribution is -2.30. The Kier molecular flexibility index (Phi) is 3.85. The predicted molar refractivity (Wildman–Crippen MR) is 72.7 cm³/mol. The van der Waals surface area contributed by atoms with E-state index in [1.807, 2.05) is 0 Å². The summed E-state index contributed by atoms with van der Waals surface area (Å²) in [7, 11) is 1.28. The maximum absolute atomic E-state index is 13.8. The zero-order valence-electron chi connectivity index (χ0n) is 11.6. The van der Waals surface area contributed by atoms with Gasteiger partial charge in [-0.3, -0.25) is 9.59 Å². The molecule has 2 rings (SSSR count). The Labute approximate surface area is 123 Å². The molecule has 0 bridgehead atoms. The lowest BCUT2D eigenvalue weighted by Gasteiger charge is -2.11. The van der Waals surface area contributed by atoms with Crippen LogP contribution < -0.4 is 10.9 Å². The number of hydrogen-bond donors (Lipinski definition) is 2. The van der Waals surface area contributed by atoms with E-state index in [1.54, 1.807) is 6.07 Å². The number of pyridine rings is 1. The Morgan fingerprint density at radius 3 is 2.68 bits per heavy atom. The quantitative estimate of drug-likeness (QED) is 0.831. The molecule has 0 unspecified atom stereocenters. The Balaban J connectivity index is 2.42. The fourth-order valence-corrected chi connectivity index (χ4v) is 1.69. The van der Waals surface area contributed by atoms with Gasteiger partial charge in [0.25, 0.3) is 11.5 Å². The molecule has 0 spiro atoms. The van der Waals surface area contributed by atoms with Crippen molar-refractivity contribution in [2.24, 2.45) is 7.05 Å². The molecule has 0 radical (unpaired) electrons. The van der Waals surface area contributed by atoms with Crippen molar-refractivity contribution >= 4 is 11.7 Å². The molecular weight excluding hydrogens is 293 g/mol. The molecule has 1 amide bonds. The van der Waals surface area contributed by atoms with Crippen molar-refractivity contribution < 1.29 is 14.3 Å². The number of carbonyl (C=O) groups excluding carboxylic acids is 1. The molecule has 8 nitrogen and oxygen atoms in total. The number of anilines is 1. The van der Waals surface area contributed by atoms with Crippen LogP contribution in [0.4, 0.5) is 10.2 Å². The first-order valence-electron chi connectivity index (χ1n) is 6.00. The summed E-state index contributed by atoms with van der Waals surface area (Å²) in [5.41, 5.74) is -1.65. The van der Waals surface area contributed by atoms with Gasteiger partial charge in [-0.2, -0.15) is 5.26 Å². The molecule has 2 aromatic rings. The van der Waals surface area contributed by atoms with Gasteiger partial charge in [0.1, 0.15) is 11.6 Å². The molecule has 2 heterocycles. The van der Waals surface area contributed by atoms with E-state index in [0.29, 0.717) is 0 Å². The average Bonchev–Trinajstić information content (AvgIpc) is 2.52. The van der Waals surface area contributed by atoms with Crippen molar-refractivity contribution in [2.75, 3.05) is 5.32 Å². The number of carbonyl (C=O) groups is 1. The summed E-state index contributed by atoms with van der Waals surface area (Å²) >= 11 is 0. The molecule has 0 saturated carbocycles. The lowest BCUT2D eigenvalue weighted by atomic mass is 10.2. The summed E-state index contributed by atoms with van der Waals surface area (Å²) in [6.07, 6.45) is 0.